The van der Waals surface area contributed by atoms with Crippen molar-refractivity contribution in [1.29, 1.82) is 0 Å². The lowest BCUT2D eigenvalue weighted by Crippen LogP contribution is -2.00. The molecule has 1 N–H and O–H groups in total. The lowest BCUT2D eigenvalue weighted by atomic mass is 10.0. The van der Waals surface area contributed by atoms with E-state index < -0.39 is 5.97 Å². The van der Waals surface area contributed by atoms with Crippen LogP contribution in [-0.4, -0.2) is 24.8 Å². The fraction of sp³-hybridized carbons (Fsp3) is 0.211. The molecule has 4 nitrogen and oxygen atoms in total. The molecule has 0 aliphatic rings. The summed E-state index contributed by atoms with van der Waals surface area (Å²) in [4.78, 5) is 11.6. The number of carboxylic acid groups (broad SMARTS) is 1. The Morgan fingerprint density at radius 2 is 1.88 bits per heavy atom. The number of hydrogen-bond acceptors (Lipinski definition) is 3. The predicted molar refractivity (Wildman–Crippen MR) is 95.7 cm³/mol. The number of aliphatic carboxylic acids is 1. The molecule has 0 heterocycles. The highest BCUT2D eigenvalue weighted by Gasteiger charge is 2.12. The van der Waals surface area contributed by atoms with Gasteiger partial charge in [-0.15, -0.1) is 0 Å². The molecule has 5 heteroatoms. The van der Waals surface area contributed by atoms with E-state index in [1.165, 1.54) is 0 Å². The topological polar surface area (TPSA) is 55.8 Å². The maximum atomic E-state index is 11.6. The van der Waals surface area contributed by atoms with Gasteiger partial charge >= 0.3 is 5.97 Å². The second kappa shape index (κ2) is 8.41. The molecule has 0 radical (unpaired) electrons. The molecule has 0 bridgehead atoms. The van der Waals surface area contributed by atoms with Crippen molar-refractivity contribution in [3.8, 4) is 11.5 Å². The number of halogens is 1. The monoisotopic (exact) mass is 346 g/mol. The molecular formula is C19H19ClO4. The van der Waals surface area contributed by atoms with Crippen molar-refractivity contribution < 1.29 is 19.4 Å². The Morgan fingerprint density at radius 1 is 1.17 bits per heavy atom. The molecule has 0 atom stereocenters. The Bertz CT molecular complexity index is 736. The van der Waals surface area contributed by atoms with E-state index in [1.807, 2.05) is 6.92 Å². The summed E-state index contributed by atoms with van der Waals surface area (Å²) in [6.07, 6.45) is 2.49. The summed E-state index contributed by atoms with van der Waals surface area (Å²) in [5.74, 6) is 0.195. The van der Waals surface area contributed by atoms with Gasteiger partial charge in [-0.25, -0.2) is 4.79 Å². The zero-order valence-corrected chi connectivity index (χ0v) is 14.3. The van der Waals surface area contributed by atoms with Crippen molar-refractivity contribution in [3.63, 3.8) is 0 Å². The van der Waals surface area contributed by atoms with E-state index in [-0.39, 0.29) is 5.57 Å². The molecule has 126 valence electrons. The average molecular weight is 347 g/mol. The number of ether oxygens (including phenoxy) is 2. The molecule has 2 aromatic carbocycles. The van der Waals surface area contributed by atoms with Gasteiger partial charge in [-0.05, 0) is 47.9 Å². The van der Waals surface area contributed by atoms with Crippen LogP contribution in [0.2, 0.25) is 5.02 Å². The first kappa shape index (κ1) is 17.9. The molecule has 0 fully saturated rings. The number of carbonyl (C=O) groups is 1. The first-order chi connectivity index (χ1) is 11.5. The van der Waals surface area contributed by atoms with Gasteiger partial charge in [0.05, 0.1) is 19.3 Å². The summed E-state index contributed by atoms with van der Waals surface area (Å²) in [5, 5.41) is 10.1. The number of carboxylic acids is 1. The lowest BCUT2D eigenvalue weighted by molar-refractivity contribution is -0.130. The number of rotatable bonds is 7. The van der Waals surface area contributed by atoms with E-state index in [0.717, 1.165) is 6.42 Å². The maximum Gasteiger partial charge on any atom is 0.336 e. The van der Waals surface area contributed by atoms with Crippen LogP contribution in [0.25, 0.3) is 11.6 Å². The molecule has 24 heavy (non-hydrogen) atoms. The van der Waals surface area contributed by atoms with E-state index in [4.69, 9.17) is 21.1 Å². The van der Waals surface area contributed by atoms with Gasteiger partial charge in [0.2, 0.25) is 0 Å². The van der Waals surface area contributed by atoms with E-state index in [0.29, 0.717) is 34.3 Å². The van der Waals surface area contributed by atoms with Crippen molar-refractivity contribution in [2.75, 3.05) is 13.7 Å². The molecule has 0 saturated heterocycles. The Morgan fingerprint density at radius 3 is 2.46 bits per heavy atom. The first-order valence-electron chi connectivity index (χ1n) is 7.57. The molecule has 2 rings (SSSR count). The SMILES string of the molecule is CCCOc1ccc(/C=C(\C(=O)O)c2ccc(Cl)cc2)cc1OC. The summed E-state index contributed by atoms with van der Waals surface area (Å²) in [7, 11) is 1.55. The fourth-order valence-corrected chi connectivity index (χ4v) is 2.30. The third-order valence-electron chi connectivity index (χ3n) is 3.35. The molecule has 0 saturated carbocycles. The highest BCUT2D eigenvalue weighted by Crippen LogP contribution is 2.30. The van der Waals surface area contributed by atoms with E-state index in [1.54, 1.807) is 55.7 Å². The Balaban J connectivity index is 2.38. The lowest BCUT2D eigenvalue weighted by Gasteiger charge is -2.11. The van der Waals surface area contributed by atoms with Crippen LogP contribution in [-0.2, 0) is 4.79 Å². The van der Waals surface area contributed by atoms with Crippen molar-refractivity contribution in [1.82, 2.24) is 0 Å². The van der Waals surface area contributed by atoms with Crippen LogP contribution in [0.5, 0.6) is 11.5 Å². The van der Waals surface area contributed by atoms with Gasteiger partial charge in [0.25, 0.3) is 0 Å². The van der Waals surface area contributed by atoms with Gasteiger partial charge < -0.3 is 14.6 Å². The maximum absolute atomic E-state index is 11.6. The van der Waals surface area contributed by atoms with Gasteiger partial charge in [0.1, 0.15) is 0 Å². The summed E-state index contributed by atoms with van der Waals surface area (Å²) in [6.45, 7) is 2.62. The number of methoxy groups -OCH3 is 1. The Hall–Kier alpha value is -2.46. The van der Waals surface area contributed by atoms with Crippen molar-refractivity contribution in [2.45, 2.75) is 13.3 Å². The molecule has 0 aliphatic carbocycles. The molecule has 2 aromatic rings. The van der Waals surface area contributed by atoms with Crippen LogP contribution in [0, 0.1) is 0 Å². The minimum Gasteiger partial charge on any atom is -0.493 e. The van der Waals surface area contributed by atoms with Crippen molar-refractivity contribution >= 4 is 29.2 Å². The molecule has 0 unspecified atom stereocenters. The second-order valence-electron chi connectivity index (χ2n) is 5.13. The second-order valence-corrected chi connectivity index (χ2v) is 5.57. The largest absolute Gasteiger partial charge is 0.493 e. The van der Waals surface area contributed by atoms with Crippen LogP contribution in [0.15, 0.2) is 42.5 Å². The van der Waals surface area contributed by atoms with Gasteiger partial charge in [-0.2, -0.15) is 0 Å². The van der Waals surface area contributed by atoms with Gasteiger partial charge in [-0.3, -0.25) is 0 Å². The Kier molecular flexibility index (Phi) is 6.27. The summed E-state index contributed by atoms with van der Waals surface area (Å²) < 4.78 is 10.9. The number of benzene rings is 2. The van der Waals surface area contributed by atoms with Crippen LogP contribution in [0.3, 0.4) is 0 Å². The zero-order chi connectivity index (χ0) is 17.5. The minimum absolute atomic E-state index is 0.177. The van der Waals surface area contributed by atoms with Gasteiger partial charge in [0.15, 0.2) is 11.5 Å². The first-order valence-corrected chi connectivity index (χ1v) is 7.94. The zero-order valence-electron chi connectivity index (χ0n) is 13.6. The van der Waals surface area contributed by atoms with E-state index in [2.05, 4.69) is 0 Å². The smallest absolute Gasteiger partial charge is 0.336 e. The van der Waals surface area contributed by atoms with Gasteiger partial charge in [0, 0.05) is 5.02 Å². The van der Waals surface area contributed by atoms with Crippen LogP contribution >= 0.6 is 11.6 Å². The summed E-state index contributed by atoms with van der Waals surface area (Å²) in [6, 6.07) is 12.0. The fourth-order valence-electron chi connectivity index (χ4n) is 2.17. The van der Waals surface area contributed by atoms with E-state index >= 15 is 0 Å². The highest BCUT2D eigenvalue weighted by atomic mass is 35.5. The third kappa shape index (κ3) is 4.52. The summed E-state index contributed by atoms with van der Waals surface area (Å²) in [5.41, 5.74) is 1.47. The van der Waals surface area contributed by atoms with Crippen molar-refractivity contribution in [3.05, 3.63) is 58.6 Å². The molecule has 0 aliphatic heterocycles. The summed E-state index contributed by atoms with van der Waals surface area (Å²) >= 11 is 5.86. The Labute approximate surface area is 146 Å². The molecule has 0 aromatic heterocycles. The standard InChI is InChI=1S/C19H19ClO4/c1-3-10-24-17-9-4-13(12-18(17)23-2)11-16(19(21)22)14-5-7-15(20)8-6-14/h4-9,11-12H,3,10H2,1-2H3,(H,21,22)/b16-11-. The average Bonchev–Trinajstić information content (AvgIpc) is 2.59. The molecule has 0 spiro atoms. The van der Waals surface area contributed by atoms with Gasteiger partial charge in [-0.1, -0.05) is 36.7 Å². The van der Waals surface area contributed by atoms with Crippen molar-refractivity contribution in [2.24, 2.45) is 0 Å². The van der Waals surface area contributed by atoms with Crippen LogP contribution in [0.1, 0.15) is 24.5 Å². The minimum atomic E-state index is -1.01. The molecular weight excluding hydrogens is 328 g/mol. The predicted octanol–water partition coefficient (Wildman–Crippen LogP) is 4.76. The normalized spacial score (nSPS) is 11.2. The molecule has 0 amide bonds. The van der Waals surface area contributed by atoms with E-state index in [9.17, 15) is 9.90 Å². The highest BCUT2D eigenvalue weighted by molar-refractivity contribution is 6.30. The van der Waals surface area contributed by atoms with Crippen LogP contribution < -0.4 is 9.47 Å². The quantitative estimate of drug-likeness (QED) is 0.580. The number of hydrogen-bond donors (Lipinski definition) is 1. The third-order valence-corrected chi connectivity index (χ3v) is 3.60. The van der Waals surface area contributed by atoms with Crippen LogP contribution in [0.4, 0.5) is 0 Å².